The standard InChI is InChI=1S/C20H12FN5O/c21-15-5-3-4-14-18(15)26-19(27)20(14,12(9-22)10-23)8-13-11-24-16-6-1-2-7-17(16)25-13/h1-7,11-12H,8H2,(H,26,27). The molecule has 0 spiro atoms. The predicted molar refractivity (Wildman–Crippen MR) is 94.7 cm³/mol. The first kappa shape index (κ1) is 16.6. The van der Waals surface area contributed by atoms with Crippen molar-refractivity contribution in [3.05, 3.63) is 65.7 Å². The van der Waals surface area contributed by atoms with Crippen molar-refractivity contribution in [2.24, 2.45) is 5.92 Å². The number of carbonyl (C=O) groups excluding carboxylic acids is 1. The Morgan fingerprint density at radius 3 is 2.59 bits per heavy atom. The van der Waals surface area contributed by atoms with Crippen LogP contribution in [0.3, 0.4) is 0 Å². The monoisotopic (exact) mass is 357 g/mol. The molecule has 6 nitrogen and oxygen atoms in total. The minimum atomic E-state index is -1.56. The summed E-state index contributed by atoms with van der Waals surface area (Å²) in [5, 5.41) is 21.6. The van der Waals surface area contributed by atoms with Gasteiger partial charge in [-0.05, 0) is 23.8 Å². The molecule has 1 N–H and O–H groups in total. The predicted octanol–water partition coefficient (Wildman–Crippen LogP) is 2.86. The van der Waals surface area contributed by atoms with Crippen molar-refractivity contribution >= 4 is 22.6 Å². The van der Waals surface area contributed by atoms with Crippen LogP contribution in [-0.4, -0.2) is 15.9 Å². The first-order chi connectivity index (χ1) is 13.1. The third-order valence-corrected chi connectivity index (χ3v) is 4.85. The van der Waals surface area contributed by atoms with Crippen molar-refractivity contribution in [1.82, 2.24) is 9.97 Å². The second kappa shape index (κ2) is 6.15. The molecular weight excluding hydrogens is 345 g/mol. The largest absolute Gasteiger partial charge is 0.322 e. The molecular formula is C20H12FN5O. The summed E-state index contributed by atoms with van der Waals surface area (Å²) in [6.45, 7) is 0. The Kier molecular flexibility index (Phi) is 3.79. The second-order valence-corrected chi connectivity index (χ2v) is 6.31. The maximum atomic E-state index is 14.2. The SMILES string of the molecule is N#CC(C#N)C1(Cc2cnc3ccccc3n2)C(=O)Nc2c(F)cccc21. The Morgan fingerprint density at radius 2 is 1.85 bits per heavy atom. The van der Waals surface area contributed by atoms with Gasteiger partial charge in [-0.1, -0.05) is 24.3 Å². The third kappa shape index (κ3) is 2.41. The lowest BCUT2D eigenvalue weighted by Crippen LogP contribution is -2.43. The molecule has 0 bridgehead atoms. The Labute approximate surface area is 153 Å². The average Bonchev–Trinajstić information content (AvgIpc) is 2.97. The number of amides is 1. The molecule has 1 amide bonds. The minimum Gasteiger partial charge on any atom is -0.322 e. The second-order valence-electron chi connectivity index (χ2n) is 6.31. The van der Waals surface area contributed by atoms with E-state index in [1.54, 1.807) is 12.1 Å². The quantitative estimate of drug-likeness (QED) is 0.776. The number of halogens is 1. The summed E-state index contributed by atoms with van der Waals surface area (Å²) in [7, 11) is 0. The van der Waals surface area contributed by atoms with Crippen molar-refractivity contribution in [3.8, 4) is 12.1 Å². The molecule has 0 radical (unpaired) electrons. The molecule has 0 fully saturated rings. The molecule has 0 aliphatic carbocycles. The summed E-state index contributed by atoms with van der Waals surface area (Å²) in [4.78, 5) is 21.7. The molecule has 0 saturated heterocycles. The van der Waals surface area contributed by atoms with Crippen LogP contribution >= 0.6 is 0 Å². The highest BCUT2D eigenvalue weighted by Gasteiger charge is 2.54. The maximum Gasteiger partial charge on any atom is 0.238 e. The van der Waals surface area contributed by atoms with E-state index >= 15 is 0 Å². The van der Waals surface area contributed by atoms with E-state index in [1.165, 1.54) is 18.3 Å². The average molecular weight is 357 g/mol. The smallest absolute Gasteiger partial charge is 0.238 e. The van der Waals surface area contributed by atoms with Gasteiger partial charge >= 0.3 is 0 Å². The molecule has 1 unspecified atom stereocenters. The fraction of sp³-hybridized carbons (Fsp3) is 0.150. The number of nitrogens with one attached hydrogen (secondary N) is 1. The molecule has 1 atom stereocenters. The van der Waals surface area contributed by atoms with E-state index in [0.717, 1.165) is 0 Å². The molecule has 2 heterocycles. The fourth-order valence-corrected chi connectivity index (χ4v) is 3.55. The van der Waals surface area contributed by atoms with Crippen molar-refractivity contribution in [1.29, 1.82) is 10.5 Å². The first-order valence-corrected chi connectivity index (χ1v) is 8.20. The molecule has 2 aromatic carbocycles. The van der Waals surface area contributed by atoms with Gasteiger partial charge in [0.2, 0.25) is 5.91 Å². The minimum absolute atomic E-state index is 0.00625. The first-order valence-electron chi connectivity index (χ1n) is 8.20. The Bertz CT molecular complexity index is 1150. The fourth-order valence-electron chi connectivity index (χ4n) is 3.55. The highest BCUT2D eigenvalue weighted by Crippen LogP contribution is 2.46. The number of nitrogens with zero attached hydrogens (tertiary/aromatic N) is 4. The van der Waals surface area contributed by atoms with E-state index in [2.05, 4.69) is 15.3 Å². The number of nitriles is 2. The van der Waals surface area contributed by atoms with Crippen LogP contribution in [0.1, 0.15) is 11.3 Å². The Hall–Kier alpha value is -3.84. The number of benzene rings is 2. The lowest BCUT2D eigenvalue weighted by Gasteiger charge is -2.27. The van der Waals surface area contributed by atoms with Crippen LogP contribution in [0.4, 0.5) is 10.1 Å². The van der Waals surface area contributed by atoms with Gasteiger partial charge in [-0.3, -0.25) is 9.78 Å². The highest BCUT2D eigenvalue weighted by atomic mass is 19.1. The Balaban J connectivity index is 1.91. The van der Waals surface area contributed by atoms with Crippen molar-refractivity contribution < 1.29 is 9.18 Å². The number of fused-ring (bicyclic) bond motifs is 2. The van der Waals surface area contributed by atoms with Crippen LogP contribution in [0, 0.1) is 34.4 Å². The van der Waals surface area contributed by atoms with E-state index in [9.17, 15) is 19.7 Å². The van der Waals surface area contributed by atoms with E-state index in [0.29, 0.717) is 16.7 Å². The lowest BCUT2D eigenvalue weighted by atomic mass is 9.69. The summed E-state index contributed by atoms with van der Waals surface area (Å²) in [6.07, 6.45) is 1.47. The molecule has 7 heteroatoms. The molecule has 130 valence electrons. The summed E-state index contributed by atoms with van der Waals surface area (Å²) in [6, 6.07) is 15.3. The molecule has 1 aromatic heterocycles. The van der Waals surface area contributed by atoms with Gasteiger partial charge in [-0.15, -0.1) is 0 Å². The summed E-state index contributed by atoms with van der Waals surface area (Å²) in [5.74, 6) is -2.51. The van der Waals surface area contributed by atoms with Crippen molar-refractivity contribution in [2.45, 2.75) is 11.8 Å². The normalized spacial score (nSPS) is 18.0. The van der Waals surface area contributed by atoms with Crippen LogP contribution in [0.2, 0.25) is 0 Å². The zero-order valence-corrected chi connectivity index (χ0v) is 14.0. The number of para-hydroxylation sites is 3. The molecule has 0 saturated carbocycles. The van der Waals surface area contributed by atoms with Crippen LogP contribution in [0.25, 0.3) is 11.0 Å². The number of hydrogen-bond donors (Lipinski definition) is 1. The summed E-state index contributed by atoms with van der Waals surface area (Å²) < 4.78 is 14.2. The summed E-state index contributed by atoms with van der Waals surface area (Å²) >= 11 is 0. The van der Waals surface area contributed by atoms with Gasteiger partial charge in [0, 0.05) is 12.6 Å². The lowest BCUT2D eigenvalue weighted by molar-refractivity contribution is -0.121. The zero-order valence-electron chi connectivity index (χ0n) is 14.0. The number of hydrogen-bond acceptors (Lipinski definition) is 5. The molecule has 27 heavy (non-hydrogen) atoms. The zero-order chi connectivity index (χ0) is 19.0. The highest BCUT2D eigenvalue weighted by molar-refractivity contribution is 6.07. The molecule has 3 aromatic rings. The van der Waals surface area contributed by atoms with Gasteiger partial charge < -0.3 is 5.32 Å². The van der Waals surface area contributed by atoms with Gasteiger partial charge in [-0.2, -0.15) is 10.5 Å². The van der Waals surface area contributed by atoms with Gasteiger partial charge in [0.05, 0.1) is 34.6 Å². The summed E-state index contributed by atoms with van der Waals surface area (Å²) in [5.41, 5.74) is 0.500. The topological polar surface area (TPSA) is 102 Å². The molecule has 1 aliphatic rings. The van der Waals surface area contributed by atoms with Crippen molar-refractivity contribution in [3.63, 3.8) is 0 Å². The van der Waals surface area contributed by atoms with E-state index in [-0.39, 0.29) is 17.7 Å². The number of rotatable bonds is 3. The van der Waals surface area contributed by atoms with Crippen LogP contribution in [-0.2, 0) is 16.6 Å². The number of anilines is 1. The Morgan fingerprint density at radius 1 is 1.11 bits per heavy atom. The third-order valence-electron chi connectivity index (χ3n) is 4.85. The number of aromatic nitrogens is 2. The molecule has 1 aliphatic heterocycles. The van der Waals surface area contributed by atoms with E-state index in [1.807, 2.05) is 30.3 Å². The van der Waals surface area contributed by atoms with Gasteiger partial charge in [0.25, 0.3) is 0 Å². The number of carbonyl (C=O) groups is 1. The van der Waals surface area contributed by atoms with Crippen LogP contribution < -0.4 is 5.32 Å². The van der Waals surface area contributed by atoms with Crippen LogP contribution in [0.5, 0.6) is 0 Å². The van der Waals surface area contributed by atoms with Gasteiger partial charge in [0.15, 0.2) is 5.92 Å². The van der Waals surface area contributed by atoms with E-state index < -0.39 is 23.1 Å². The molecule has 4 rings (SSSR count). The van der Waals surface area contributed by atoms with Crippen molar-refractivity contribution in [2.75, 3.05) is 5.32 Å². The van der Waals surface area contributed by atoms with Gasteiger partial charge in [0.1, 0.15) is 11.2 Å². The van der Waals surface area contributed by atoms with Crippen LogP contribution in [0.15, 0.2) is 48.7 Å². The van der Waals surface area contributed by atoms with Gasteiger partial charge in [-0.25, -0.2) is 9.37 Å². The maximum absolute atomic E-state index is 14.2. The van der Waals surface area contributed by atoms with E-state index in [4.69, 9.17) is 0 Å².